The fourth-order valence-corrected chi connectivity index (χ4v) is 1.74. The average Bonchev–Trinajstić information content (AvgIpc) is 2.86. The Morgan fingerprint density at radius 3 is 2.58 bits per heavy atom. The third kappa shape index (κ3) is 3.32. The molecule has 0 bridgehead atoms. The summed E-state index contributed by atoms with van der Waals surface area (Å²) < 4.78 is 26.1. The van der Waals surface area contributed by atoms with Crippen molar-refractivity contribution in [1.82, 2.24) is 4.98 Å². The van der Waals surface area contributed by atoms with Crippen LogP contribution in [0, 0.1) is 11.6 Å². The lowest BCUT2D eigenvalue weighted by molar-refractivity contribution is -0.133. The number of carbonyl (C=O) groups excluding carboxylic acids is 2. The minimum atomic E-state index is -1.11. The van der Waals surface area contributed by atoms with Crippen molar-refractivity contribution >= 4 is 34.0 Å². The summed E-state index contributed by atoms with van der Waals surface area (Å²) in [4.78, 5) is 26.7. The van der Waals surface area contributed by atoms with Crippen LogP contribution in [0.15, 0.2) is 29.8 Å². The zero-order valence-corrected chi connectivity index (χ0v) is 10.1. The number of benzene rings is 1. The topological polar surface area (TPSA) is 71.1 Å². The zero-order chi connectivity index (χ0) is 13.8. The van der Waals surface area contributed by atoms with E-state index in [9.17, 15) is 18.4 Å². The molecule has 2 rings (SSSR count). The molecule has 2 aromatic rings. The molecule has 0 unspecified atom stereocenters. The van der Waals surface area contributed by atoms with Crippen LogP contribution in [0.5, 0.6) is 0 Å². The molecule has 0 aliphatic carbocycles. The van der Waals surface area contributed by atoms with E-state index < -0.39 is 29.1 Å². The lowest BCUT2D eigenvalue weighted by Crippen LogP contribution is -2.29. The molecule has 5 nitrogen and oxygen atoms in total. The second kappa shape index (κ2) is 5.53. The first-order valence-electron chi connectivity index (χ1n) is 5.03. The van der Waals surface area contributed by atoms with Gasteiger partial charge in [0.25, 0.3) is 0 Å². The second-order valence-electron chi connectivity index (χ2n) is 3.37. The molecule has 0 saturated heterocycles. The maximum atomic E-state index is 13.2. The van der Waals surface area contributed by atoms with Gasteiger partial charge in [-0.3, -0.25) is 14.9 Å². The van der Waals surface area contributed by atoms with E-state index in [4.69, 9.17) is 0 Å². The van der Waals surface area contributed by atoms with Gasteiger partial charge in [-0.05, 0) is 12.1 Å². The largest absolute Gasteiger partial charge is 0.315 e. The van der Waals surface area contributed by atoms with Crippen molar-refractivity contribution in [2.45, 2.75) is 0 Å². The first kappa shape index (κ1) is 13.1. The van der Waals surface area contributed by atoms with E-state index in [-0.39, 0.29) is 5.13 Å². The number of thiazole rings is 1. The normalized spacial score (nSPS) is 10.0. The van der Waals surface area contributed by atoms with E-state index in [0.29, 0.717) is 0 Å². The summed E-state index contributed by atoms with van der Waals surface area (Å²) in [5.41, 5.74) is -0.403. The van der Waals surface area contributed by atoms with E-state index in [1.54, 1.807) is 5.38 Å². The van der Waals surface area contributed by atoms with Crippen molar-refractivity contribution in [3.8, 4) is 0 Å². The molecule has 0 fully saturated rings. The summed E-state index contributed by atoms with van der Waals surface area (Å²) in [6.45, 7) is 0. The fourth-order valence-electron chi connectivity index (χ4n) is 1.21. The molecular formula is C11H7F2N3O2S. The van der Waals surface area contributed by atoms with Crippen molar-refractivity contribution in [2.24, 2.45) is 0 Å². The Balaban J connectivity index is 2.04. The van der Waals surface area contributed by atoms with Crippen molar-refractivity contribution in [1.29, 1.82) is 0 Å². The molecule has 2 amide bonds. The maximum Gasteiger partial charge on any atom is 0.315 e. The fraction of sp³-hybridized carbons (Fsp3) is 0. The Bertz CT molecular complexity index is 616. The third-order valence-electron chi connectivity index (χ3n) is 2.04. The summed E-state index contributed by atoms with van der Waals surface area (Å²) in [7, 11) is 0. The van der Waals surface area contributed by atoms with Crippen LogP contribution in [0.1, 0.15) is 0 Å². The van der Waals surface area contributed by atoms with Crippen molar-refractivity contribution in [2.75, 3.05) is 10.6 Å². The summed E-state index contributed by atoms with van der Waals surface area (Å²) in [5, 5.41) is 6.04. The highest BCUT2D eigenvalue weighted by atomic mass is 32.1. The molecule has 0 radical (unpaired) electrons. The van der Waals surface area contributed by atoms with E-state index in [1.807, 2.05) is 5.32 Å². The van der Waals surface area contributed by atoms with Crippen LogP contribution < -0.4 is 10.6 Å². The molecule has 8 heteroatoms. The lowest BCUT2D eigenvalue weighted by Gasteiger charge is -2.05. The Morgan fingerprint density at radius 2 is 1.89 bits per heavy atom. The van der Waals surface area contributed by atoms with Crippen LogP contribution in [0.25, 0.3) is 0 Å². The standard InChI is InChI=1S/C11H7F2N3O2S/c12-6-1-2-7(13)8(5-6)15-9(17)10(18)16-11-14-3-4-19-11/h1-5H,(H,15,17)(H,14,16,18). The van der Waals surface area contributed by atoms with Gasteiger partial charge in [0, 0.05) is 17.6 Å². The first-order valence-corrected chi connectivity index (χ1v) is 5.91. The van der Waals surface area contributed by atoms with Gasteiger partial charge in [0.2, 0.25) is 0 Å². The maximum absolute atomic E-state index is 13.2. The monoisotopic (exact) mass is 283 g/mol. The highest BCUT2D eigenvalue weighted by molar-refractivity contribution is 7.13. The second-order valence-corrected chi connectivity index (χ2v) is 4.26. The van der Waals surface area contributed by atoms with Gasteiger partial charge in [-0.15, -0.1) is 11.3 Å². The molecule has 0 spiro atoms. The Labute approximate surface area is 110 Å². The molecule has 1 heterocycles. The van der Waals surface area contributed by atoms with E-state index >= 15 is 0 Å². The third-order valence-corrected chi connectivity index (χ3v) is 2.72. The first-order chi connectivity index (χ1) is 9.06. The number of halogens is 2. The number of rotatable bonds is 2. The molecule has 0 aliphatic rings. The lowest BCUT2D eigenvalue weighted by atomic mass is 10.3. The molecule has 0 saturated carbocycles. The predicted octanol–water partition coefficient (Wildman–Crippen LogP) is 2.00. The van der Waals surface area contributed by atoms with Gasteiger partial charge >= 0.3 is 11.8 Å². The zero-order valence-electron chi connectivity index (χ0n) is 9.31. The van der Waals surface area contributed by atoms with E-state index in [0.717, 1.165) is 29.5 Å². The number of anilines is 2. The van der Waals surface area contributed by atoms with E-state index in [1.165, 1.54) is 6.20 Å². The minimum absolute atomic E-state index is 0.236. The minimum Gasteiger partial charge on any atom is -0.315 e. The van der Waals surface area contributed by atoms with Gasteiger partial charge in [0.1, 0.15) is 11.6 Å². The highest BCUT2D eigenvalue weighted by Crippen LogP contribution is 2.15. The van der Waals surface area contributed by atoms with Crippen LogP contribution in [-0.2, 0) is 9.59 Å². The van der Waals surface area contributed by atoms with Gasteiger partial charge in [0.05, 0.1) is 5.69 Å². The van der Waals surface area contributed by atoms with Gasteiger partial charge in [-0.25, -0.2) is 13.8 Å². The van der Waals surface area contributed by atoms with Gasteiger partial charge < -0.3 is 5.32 Å². The average molecular weight is 283 g/mol. The molecule has 1 aromatic heterocycles. The smallest absolute Gasteiger partial charge is 0.315 e. The highest BCUT2D eigenvalue weighted by Gasteiger charge is 2.17. The molecule has 98 valence electrons. The Kier molecular flexibility index (Phi) is 3.81. The molecule has 0 atom stereocenters. The number of aromatic nitrogens is 1. The van der Waals surface area contributed by atoms with Crippen molar-refractivity contribution in [3.63, 3.8) is 0 Å². The van der Waals surface area contributed by atoms with Crippen LogP contribution in [0.3, 0.4) is 0 Å². The van der Waals surface area contributed by atoms with Crippen molar-refractivity contribution in [3.05, 3.63) is 41.4 Å². The predicted molar refractivity (Wildman–Crippen MR) is 65.7 cm³/mol. The number of hydrogen-bond acceptors (Lipinski definition) is 4. The Morgan fingerprint density at radius 1 is 1.16 bits per heavy atom. The van der Waals surface area contributed by atoms with Crippen LogP contribution >= 0.6 is 11.3 Å². The Hall–Kier alpha value is -2.35. The molecule has 1 aromatic carbocycles. The van der Waals surface area contributed by atoms with Gasteiger partial charge in [0.15, 0.2) is 5.13 Å². The number of hydrogen-bond donors (Lipinski definition) is 2. The molecule has 2 N–H and O–H groups in total. The van der Waals surface area contributed by atoms with Crippen molar-refractivity contribution < 1.29 is 18.4 Å². The quantitative estimate of drug-likeness (QED) is 0.828. The summed E-state index contributed by atoms with van der Waals surface area (Å²) >= 11 is 1.12. The molecule has 0 aliphatic heterocycles. The summed E-state index contributed by atoms with van der Waals surface area (Å²) in [5.74, 6) is -3.69. The SMILES string of the molecule is O=C(Nc1nccs1)C(=O)Nc1cc(F)ccc1F. The van der Waals surface area contributed by atoms with Gasteiger partial charge in [-0.1, -0.05) is 0 Å². The van der Waals surface area contributed by atoms with E-state index in [2.05, 4.69) is 10.3 Å². The van der Waals surface area contributed by atoms with Crippen LogP contribution in [0.4, 0.5) is 19.6 Å². The summed E-state index contributed by atoms with van der Waals surface area (Å²) in [6, 6.07) is 2.54. The number of nitrogens with zero attached hydrogens (tertiary/aromatic N) is 1. The summed E-state index contributed by atoms with van der Waals surface area (Å²) in [6.07, 6.45) is 1.45. The number of nitrogens with one attached hydrogen (secondary N) is 2. The van der Waals surface area contributed by atoms with Gasteiger partial charge in [-0.2, -0.15) is 0 Å². The van der Waals surface area contributed by atoms with Crippen LogP contribution in [0.2, 0.25) is 0 Å². The number of amides is 2. The molecular weight excluding hydrogens is 276 g/mol. The molecule has 19 heavy (non-hydrogen) atoms. The number of carbonyl (C=O) groups is 2. The van der Waals surface area contributed by atoms with Crippen LogP contribution in [-0.4, -0.2) is 16.8 Å².